The van der Waals surface area contributed by atoms with E-state index < -0.39 is 15.5 Å². The number of allylic oxidation sites excluding steroid dienone is 2. The number of nitrogens with zero attached hydrogens (tertiary/aromatic N) is 1. The molecule has 8 heteroatoms. The van der Waals surface area contributed by atoms with Gasteiger partial charge in [0.1, 0.15) is 0 Å². The molecule has 0 aromatic carbocycles. The van der Waals surface area contributed by atoms with Crippen LogP contribution in [0.5, 0.6) is 0 Å². The van der Waals surface area contributed by atoms with Crippen LogP contribution in [0, 0.1) is 13.8 Å². The van der Waals surface area contributed by atoms with Crippen LogP contribution in [0.2, 0.25) is 0 Å². The van der Waals surface area contributed by atoms with E-state index in [0.717, 1.165) is 29.4 Å². The van der Waals surface area contributed by atoms with E-state index in [2.05, 4.69) is 4.98 Å². The monoisotopic (exact) mass is 306 g/mol. The Hall–Kier alpha value is -1.70. The fraction of sp³-hybridized carbons (Fsp3) is 0.333. The molecule has 0 saturated heterocycles. The average molecular weight is 306 g/mol. The number of aromatic nitrogens is 1. The van der Waals surface area contributed by atoms with Gasteiger partial charge in [0.15, 0.2) is 0 Å². The predicted molar refractivity (Wildman–Crippen MR) is 68.1 cm³/mol. The molecule has 1 aliphatic heterocycles. The molecule has 0 fully saturated rings. The van der Waals surface area contributed by atoms with Crippen LogP contribution in [0.4, 0.5) is 13.2 Å². The topological polar surface area (TPSA) is 53.2 Å². The minimum Gasteiger partial charge on any atom is -0.362 e. The normalized spacial score (nSPS) is 16.9. The van der Waals surface area contributed by atoms with Gasteiger partial charge in [-0.1, -0.05) is 12.2 Å². The molecule has 0 radical (unpaired) electrons. The third-order valence-corrected chi connectivity index (χ3v) is 4.38. The molecule has 2 rings (SSSR count). The summed E-state index contributed by atoms with van der Waals surface area (Å²) in [6.45, 7) is 3.72. The largest absolute Gasteiger partial charge is 0.517 e. The fourth-order valence-corrected chi connectivity index (χ4v) is 2.75. The van der Waals surface area contributed by atoms with E-state index in [4.69, 9.17) is 0 Å². The van der Waals surface area contributed by atoms with E-state index in [1.165, 1.54) is 12.2 Å². The van der Waals surface area contributed by atoms with Crippen molar-refractivity contribution in [3.63, 3.8) is 0 Å². The Labute approximate surface area is 114 Å². The summed E-state index contributed by atoms with van der Waals surface area (Å²) < 4.78 is 59.8. The molecule has 0 saturated carbocycles. The Morgan fingerprint density at radius 2 is 1.75 bits per heavy atom. The average Bonchev–Trinajstić information content (AvgIpc) is 2.67. The first-order valence-corrected chi connectivity index (χ1v) is 7.19. The minimum atomic E-state index is -5.36. The first-order chi connectivity index (χ1) is 9.13. The standard InChI is InChI=1S/C12H13F3N2O2S/c1-8-7-11(9(2)16-8)10-3-5-17(6-4-10)20(18,19)12(13,14)15/h3-7,10,16H,1-2H3. The molecule has 0 atom stereocenters. The Kier molecular flexibility index (Phi) is 3.45. The van der Waals surface area contributed by atoms with E-state index in [9.17, 15) is 21.6 Å². The van der Waals surface area contributed by atoms with Crippen molar-refractivity contribution < 1.29 is 21.6 Å². The number of aromatic amines is 1. The second kappa shape index (κ2) is 4.69. The van der Waals surface area contributed by atoms with Gasteiger partial charge in [-0.25, -0.2) is 4.31 Å². The van der Waals surface area contributed by atoms with Gasteiger partial charge in [-0.2, -0.15) is 21.6 Å². The van der Waals surface area contributed by atoms with Crippen molar-refractivity contribution in [3.05, 3.63) is 47.6 Å². The van der Waals surface area contributed by atoms with Gasteiger partial charge < -0.3 is 4.98 Å². The summed E-state index contributed by atoms with van der Waals surface area (Å²) in [5, 5.41) is 0. The van der Waals surface area contributed by atoms with Gasteiger partial charge in [-0.05, 0) is 25.5 Å². The Balaban J connectivity index is 2.25. The number of halogens is 3. The quantitative estimate of drug-likeness (QED) is 0.913. The number of sulfonamides is 1. The van der Waals surface area contributed by atoms with Crippen LogP contribution in [-0.2, 0) is 10.0 Å². The Morgan fingerprint density at radius 3 is 2.15 bits per heavy atom. The van der Waals surface area contributed by atoms with E-state index >= 15 is 0 Å². The molecule has 1 aliphatic rings. The lowest BCUT2D eigenvalue weighted by Crippen LogP contribution is -2.35. The second-order valence-electron chi connectivity index (χ2n) is 4.52. The molecule has 0 bridgehead atoms. The second-order valence-corrected chi connectivity index (χ2v) is 6.36. The summed E-state index contributed by atoms with van der Waals surface area (Å²) in [7, 11) is -5.36. The summed E-state index contributed by atoms with van der Waals surface area (Å²) in [4.78, 5) is 3.09. The molecule has 1 aromatic heterocycles. The zero-order chi connectivity index (χ0) is 15.1. The third-order valence-electron chi connectivity index (χ3n) is 3.00. The maximum absolute atomic E-state index is 12.4. The maximum Gasteiger partial charge on any atom is 0.517 e. The van der Waals surface area contributed by atoms with Crippen LogP contribution in [0.3, 0.4) is 0 Å². The highest BCUT2D eigenvalue weighted by molar-refractivity contribution is 7.90. The highest BCUT2D eigenvalue weighted by atomic mass is 32.2. The fourth-order valence-electron chi connectivity index (χ4n) is 2.05. The molecule has 1 N–H and O–H groups in total. The minimum absolute atomic E-state index is 0.179. The predicted octanol–water partition coefficient (Wildman–Crippen LogP) is 2.91. The van der Waals surface area contributed by atoms with Crippen LogP contribution in [-0.4, -0.2) is 23.2 Å². The number of hydrogen-bond acceptors (Lipinski definition) is 2. The number of H-pyrrole nitrogens is 1. The highest BCUT2D eigenvalue weighted by Crippen LogP contribution is 2.32. The van der Waals surface area contributed by atoms with Crippen LogP contribution in [0.1, 0.15) is 22.9 Å². The lowest BCUT2D eigenvalue weighted by Gasteiger charge is -2.22. The first kappa shape index (κ1) is 14.7. The molecule has 0 unspecified atom stereocenters. The van der Waals surface area contributed by atoms with Gasteiger partial charge in [0.25, 0.3) is 0 Å². The summed E-state index contributed by atoms with van der Waals surface area (Å²) in [6, 6.07) is 1.88. The van der Waals surface area contributed by atoms with Crippen molar-refractivity contribution in [2.75, 3.05) is 0 Å². The van der Waals surface area contributed by atoms with Crippen molar-refractivity contribution in [3.8, 4) is 0 Å². The Morgan fingerprint density at radius 1 is 1.20 bits per heavy atom. The van der Waals surface area contributed by atoms with Crippen molar-refractivity contribution in [1.82, 2.24) is 9.29 Å². The summed E-state index contributed by atoms with van der Waals surface area (Å²) in [6.07, 6.45) is 4.68. The van der Waals surface area contributed by atoms with Crippen molar-refractivity contribution >= 4 is 10.0 Å². The first-order valence-electron chi connectivity index (χ1n) is 5.75. The van der Waals surface area contributed by atoms with Crippen LogP contribution in [0.15, 0.2) is 30.6 Å². The molecular formula is C12H13F3N2O2S. The lowest BCUT2D eigenvalue weighted by molar-refractivity contribution is -0.0468. The molecule has 0 amide bonds. The number of nitrogens with one attached hydrogen (secondary N) is 1. The van der Waals surface area contributed by atoms with Crippen molar-refractivity contribution in [2.45, 2.75) is 25.3 Å². The molecule has 4 nitrogen and oxygen atoms in total. The molecular weight excluding hydrogens is 293 g/mol. The number of aryl methyl sites for hydroxylation is 2. The van der Waals surface area contributed by atoms with Crippen molar-refractivity contribution in [1.29, 1.82) is 0 Å². The third kappa shape index (κ3) is 2.47. The summed E-state index contributed by atoms with van der Waals surface area (Å²) in [5.41, 5.74) is -2.58. The zero-order valence-electron chi connectivity index (χ0n) is 10.8. The number of rotatable bonds is 2. The van der Waals surface area contributed by atoms with Gasteiger partial charge in [0, 0.05) is 29.7 Å². The maximum atomic E-state index is 12.4. The van der Waals surface area contributed by atoms with Crippen molar-refractivity contribution in [2.24, 2.45) is 0 Å². The number of alkyl halides is 3. The smallest absolute Gasteiger partial charge is 0.362 e. The Bertz CT molecular complexity index is 657. The van der Waals surface area contributed by atoms with Gasteiger partial charge in [-0.3, -0.25) is 0 Å². The van der Waals surface area contributed by atoms with Gasteiger partial charge in [0.2, 0.25) is 0 Å². The molecule has 0 spiro atoms. The molecule has 2 heterocycles. The summed E-state index contributed by atoms with van der Waals surface area (Å²) >= 11 is 0. The van der Waals surface area contributed by atoms with E-state index in [0.29, 0.717) is 0 Å². The molecule has 0 aliphatic carbocycles. The van der Waals surface area contributed by atoms with Crippen LogP contribution in [0.25, 0.3) is 0 Å². The highest BCUT2D eigenvalue weighted by Gasteiger charge is 2.49. The zero-order valence-corrected chi connectivity index (χ0v) is 11.6. The van der Waals surface area contributed by atoms with Gasteiger partial charge >= 0.3 is 15.5 Å². The summed E-state index contributed by atoms with van der Waals surface area (Å²) in [5.74, 6) is -0.250. The van der Waals surface area contributed by atoms with E-state index in [-0.39, 0.29) is 10.2 Å². The van der Waals surface area contributed by atoms with E-state index in [1.54, 1.807) is 0 Å². The molecule has 1 aromatic rings. The SMILES string of the molecule is Cc1cc(C2C=CN(S(=O)(=O)C(F)(F)F)C=C2)c(C)[nH]1. The van der Waals surface area contributed by atoms with Gasteiger partial charge in [0.05, 0.1) is 0 Å². The van der Waals surface area contributed by atoms with Crippen LogP contribution < -0.4 is 0 Å². The van der Waals surface area contributed by atoms with Gasteiger partial charge in [-0.15, -0.1) is 0 Å². The van der Waals surface area contributed by atoms with Crippen LogP contribution >= 0.6 is 0 Å². The molecule has 110 valence electrons. The van der Waals surface area contributed by atoms with E-state index in [1.807, 2.05) is 19.9 Å². The molecule has 20 heavy (non-hydrogen) atoms. The lowest BCUT2D eigenvalue weighted by atomic mass is 9.98. The number of hydrogen-bond donors (Lipinski definition) is 1.